The van der Waals surface area contributed by atoms with Crippen molar-refractivity contribution in [3.8, 4) is 22.5 Å². The fourth-order valence-corrected chi connectivity index (χ4v) is 3.96. The summed E-state index contributed by atoms with van der Waals surface area (Å²) >= 11 is 0. The molecule has 0 bridgehead atoms. The molecule has 3 aromatic carbocycles. The first kappa shape index (κ1) is 25.8. The second kappa shape index (κ2) is 10.7. The number of carbonyl (C=O) groups excluding carboxylic acids is 1. The summed E-state index contributed by atoms with van der Waals surface area (Å²) in [6.07, 6.45) is 3.75. The minimum Gasteiger partial charge on any atom is -0.480 e. The maximum atomic E-state index is 12.7. The van der Waals surface area contributed by atoms with Crippen LogP contribution in [0.4, 0.5) is 0 Å². The van der Waals surface area contributed by atoms with E-state index in [4.69, 9.17) is 0 Å². The molecule has 0 aliphatic carbocycles. The van der Waals surface area contributed by atoms with Crippen LogP contribution in [0.15, 0.2) is 85.2 Å². The van der Waals surface area contributed by atoms with E-state index in [1.807, 2.05) is 55.5 Å². The lowest BCUT2D eigenvalue weighted by Crippen LogP contribution is -2.42. The number of aromatic nitrogens is 2. The molecule has 1 amide bonds. The number of aryl methyl sites for hydroxylation is 1. The zero-order valence-corrected chi connectivity index (χ0v) is 21.5. The van der Waals surface area contributed by atoms with Crippen molar-refractivity contribution in [1.82, 2.24) is 15.3 Å². The molecule has 0 saturated heterocycles. The number of carbonyl (C=O) groups is 2. The van der Waals surface area contributed by atoms with Crippen LogP contribution in [-0.2, 0) is 16.6 Å². The molecule has 0 saturated carbocycles. The lowest BCUT2D eigenvalue weighted by Gasteiger charge is -2.19. The van der Waals surface area contributed by atoms with Crippen LogP contribution in [0, 0.1) is 6.92 Å². The second-order valence-corrected chi connectivity index (χ2v) is 10.3. The molecule has 1 aromatic heterocycles. The molecule has 6 heteroatoms. The maximum Gasteiger partial charge on any atom is 0.326 e. The predicted octanol–water partition coefficient (Wildman–Crippen LogP) is 5.84. The zero-order valence-electron chi connectivity index (χ0n) is 21.5. The van der Waals surface area contributed by atoms with E-state index in [1.165, 1.54) is 5.56 Å². The molecule has 1 heterocycles. The quantitative estimate of drug-likeness (QED) is 0.337. The largest absolute Gasteiger partial charge is 0.480 e. The Morgan fingerprint density at radius 2 is 1.38 bits per heavy atom. The number of nitrogens with zero attached hydrogens (tertiary/aromatic N) is 2. The van der Waals surface area contributed by atoms with Gasteiger partial charge < -0.3 is 10.4 Å². The standard InChI is InChI=1S/C31H31N3O3/c1-20-5-9-22(10-6-20)25-18-32-28(33-19-25)23-11-7-21(8-12-23)17-27(30(36)37)34-29(35)24-13-15-26(16-14-24)31(2,3)4/h5-16,18-19,27H,17H2,1-4H3,(H,34,35)(H,36,37)/t27-/m0/s1. The average Bonchev–Trinajstić information content (AvgIpc) is 2.89. The molecule has 37 heavy (non-hydrogen) atoms. The summed E-state index contributed by atoms with van der Waals surface area (Å²) in [5.41, 5.74) is 6.31. The number of rotatable bonds is 7. The molecule has 188 valence electrons. The van der Waals surface area contributed by atoms with E-state index in [2.05, 4.69) is 48.2 Å². The summed E-state index contributed by atoms with van der Waals surface area (Å²) < 4.78 is 0. The molecule has 2 N–H and O–H groups in total. The van der Waals surface area contributed by atoms with Crippen LogP contribution in [0.1, 0.15) is 47.8 Å². The molecule has 1 atom stereocenters. The molecule has 0 spiro atoms. The topological polar surface area (TPSA) is 92.2 Å². The molecule has 4 rings (SSSR count). The Kier molecular flexibility index (Phi) is 7.48. The van der Waals surface area contributed by atoms with Crippen molar-refractivity contribution in [3.05, 3.63) is 107 Å². The van der Waals surface area contributed by atoms with E-state index in [1.54, 1.807) is 24.5 Å². The monoisotopic (exact) mass is 493 g/mol. The minimum absolute atomic E-state index is 0.0288. The molecule has 0 fully saturated rings. The molecule has 0 radical (unpaired) electrons. The Bertz CT molecular complexity index is 1370. The Hall–Kier alpha value is -4.32. The van der Waals surface area contributed by atoms with Gasteiger partial charge in [0, 0.05) is 35.5 Å². The molecular weight excluding hydrogens is 462 g/mol. The Labute approximate surface area is 217 Å². The summed E-state index contributed by atoms with van der Waals surface area (Å²) in [5, 5.41) is 12.4. The maximum absolute atomic E-state index is 12.7. The number of hydrogen-bond donors (Lipinski definition) is 2. The Balaban J connectivity index is 1.42. The van der Waals surface area contributed by atoms with Gasteiger partial charge in [-0.3, -0.25) is 4.79 Å². The zero-order chi connectivity index (χ0) is 26.6. The van der Waals surface area contributed by atoms with Crippen LogP contribution < -0.4 is 5.32 Å². The third-order valence-corrected chi connectivity index (χ3v) is 6.31. The summed E-state index contributed by atoms with van der Waals surface area (Å²) in [6, 6.07) is 21.8. The lowest BCUT2D eigenvalue weighted by molar-refractivity contribution is -0.139. The van der Waals surface area contributed by atoms with Crippen molar-refractivity contribution in [2.24, 2.45) is 0 Å². The minimum atomic E-state index is -1.08. The highest BCUT2D eigenvalue weighted by molar-refractivity contribution is 5.96. The summed E-state index contributed by atoms with van der Waals surface area (Å²) in [5.74, 6) is -0.908. The lowest BCUT2D eigenvalue weighted by atomic mass is 9.86. The third-order valence-electron chi connectivity index (χ3n) is 6.31. The van der Waals surface area contributed by atoms with E-state index in [0.29, 0.717) is 11.4 Å². The summed E-state index contributed by atoms with van der Waals surface area (Å²) in [6.45, 7) is 8.34. The summed E-state index contributed by atoms with van der Waals surface area (Å²) in [7, 11) is 0. The van der Waals surface area contributed by atoms with Crippen LogP contribution in [0.2, 0.25) is 0 Å². The van der Waals surface area contributed by atoms with Gasteiger partial charge in [0.15, 0.2) is 5.82 Å². The SMILES string of the molecule is Cc1ccc(-c2cnc(-c3ccc(C[C@H](NC(=O)c4ccc(C(C)(C)C)cc4)C(=O)O)cc3)nc2)cc1. The number of benzene rings is 3. The highest BCUT2D eigenvalue weighted by Gasteiger charge is 2.22. The second-order valence-electron chi connectivity index (χ2n) is 10.3. The van der Waals surface area contributed by atoms with Crippen molar-refractivity contribution in [3.63, 3.8) is 0 Å². The van der Waals surface area contributed by atoms with E-state index in [-0.39, 0.29) is 11.8 Å². The summed E-state index contributed by atoms with van der Waals surface area (Å²) in [4.78, 5) is 33.6. The highest BCUT2D eigenvalue weighted by Crippen LogP contribution is 2.23. The van der Waals surface area contributed by atoms with E-state index >= 15 is 0 Å². The van der Waals surface area contributed by atoms with Crippen LogP contribution in [0.25, 0.3) is 22.5 Å². The predicted molar refractivity (Wildman–Crippen MR) is 145 cm³/mol. The van der Waals surface area contributed by atoms with E-state index in [0.717, 1.165) is 27.8 Å². The van der Waals surface area contributed by atoms with Gasteiger partial charge in [-0.2, -0.15) is 0 Å². The van der Waals surface area contributed by atoms with Crippen LogP contribution in [0.5, 0.6) is 0 Å². The van der Waals surface area contributed by atoms with Gasteiger partial charge in [-0.15, -0.1) is 0 Å². The van der Waals surface area contributed by atoms with Crippen molar-refractivity contribution in [2.75, 3.05) is 0 Å². The first-order valence-electron chi connectivity index (χ1n) is 12.2. The normalized spacial score (nSPS) is 12.1. The number of hydrogen-bond acceptors (Lipinski definition) is 4. The fourth-order valence-electron chi connectivity index (χ4n) is 3.96. The van der Waals surface area contributed by atoms with Gasteiger partial charge in [-0.05, 0) is 41.2 Å². The van der Waals surface area contributed by atoms with Crippen molar-refractivity contribution >= 4 is 11.9 Å². The molecule has 0 aliphatic rings. The number of carboxylic acid groups (broad SMARTS) is 1. The van der Waals surface area contributed by atoms with Crippen molar-refractivity contribution < 1.29 is 14.7 Å². The molecule has 0 aliphatic heterocycles. The first-order valence-corrected chi connectivity index (χ1v) is 12.2. The Morgan fingerprint density at radius 3 is 1.92 bits per heavy atom. The van der Waals surface area contributed by atoms with Crippen LogP contribution in [-0.4, -0.2) is 33.0 Å². The van der Waals surface area contributed by atoms with Gasteiger partial charge in [0.2, 0.25) is 0 Å². The van der Waals surface area contributed by atoms with Gasteiger partial charge in [0.1, 0.15) is 6.04 Å². The van der Waals surface area contributed by atoms with E-state index in [9.17, 15) is 14.7 Å². The first-order chi connectivity index (χ1) is 17.6. The number of amides is 1. The van der Waals surface area contributed by atoms with Crippen molar-refractivity contribution in [1.29, 1.82) is 0 Å². The Morgan fingerprint density at radius 1 is 0.811 bits per heavy atom. The van der Waals surface area contributed by atoms with Crippen molar-refractivity contribution in [2.45, 2.75) is 45.6 Å². The number of aliphatic carboxylic acids is 1. The van der Waals surface area contributed by atoms with Gasteiger partial charge in [-0.25, -0.2) is 14.8 Å². The average molecular weight is 494 g/mol. The highest BCUT2D eigenvalue weighted by atomic mass is 16.4. The number of nitrogens with one attached hydrogen (secondary N) is 1. The molecule has 0 unspecified atom stereocenters. The smallest absolute Gasteiger partial charge is 0.326 e. The van der Waals surface area contributed by atoms with Crippen LogP contribution >= 0.6 is 0 Å². The van der Waals surface area contributed by atoms with E-state index < -0.39 is 17.9 Å². The number of carboxylic acids is 1. The van der Waals surface area contributed by atoms with Gasteiger partial charge >= 0.3 is 5.97 Å². The third kappa shape index (κ3) is 6.47. The van der Waals surface area contributed by atoms with Gasteiger partial charge in [-0.1, -0.05) is 87.0 Å². The van der Waals surface area contributed by atoms with Gasteiger partial charge in [0.05, 0.1) is 0 Å². The van der Waals surface area contributed by atoms with Crippen LogP contribution in [0.3, 0.4) is 0 Å². The fraction of sp³-hybridized carbons (Fsp3) is 0.226. The van der Waals surface area contributed by atoms with Gasteiger partial charge in [0.25, 0.3) is 5.91 Å². The molecule has 6 nitrogen and oxygen atoms in total. The molecular formula is C31H31N3O3. The molecule has 4 aromatic rings.